The Balaban J connectivity index is 1.58. The predicted octanol–water partition coefficient (Wildman–Crippen LogP) is -0.676. The largest absolute Gasteiger partial charge is 0.375 e. The summed E-state index contributed by atoms with van der Waals surface area (Å²) in [5.41, 5.74) is 0. The number of aliphatic hydroxyl groups excluding tert-OH is 1. The van der Waals surface area contributed by atoms with Crippen LogP contribution in [-0.2, 0) is 4.79 Å². The highest BCUT2D eigenvalue weighted by Gasteiger charge is 2.41. The van der Waals surface area contributed by atoms with Gasteiger partial charge in [0.05, 0.1) is 18.8 Å². The van der Waals surface area contributed by atoms with E-state index in [4.69, 9.17) is 0 Å². The third kappa shape index (κ3) is 3.46. The summed E-state index contributed by atoms with van der Waals surface area (Å²) in [6, 6.07) is 1.20. The molecule has 7 heteroatoms. The topological polar surface area (TPSA) is 76.6 Å². The molecule has 2 fully saturated rings. The van der Waals surface area contributed by atoms with Gasteiger partial charge in [-0.2, -0.15) is 0 Å². The molecule has 6 atom stereocenters. The summed E-state index contributed by atoms with van der Waals surface area (Å²) in [6.45, 7) is 0.994. The number of hydrogen-bond acceptors (Lipinski definition) is 5. The van der Waals surface area contributed by atoms with E-state index in [9.17, 15) is 9.90 Å². The number of nitrogens with zero attached hydrogens (tertiary/aromatic N) is 1. The Morgan fingerprint density at radius 1 is 1.38 bits per heavy atom. The predicted molar refractivity (Wildman–Crippen MR) is 84.5 cm³/mol. The number of amides is 1. The minimum absolute atomic E-state index is 0.0654. The van der Waals surface area contributed by atoms with Gasteiger partial charge >= 0.3 is 0 Å². The standard InChI is InChI=1S/C14H25N4O2P/c19-12(8-15-14(20)21)18-7-3-6-11(18)13-16-9-4-1-2-5-10(9)17-13/h1-2,9-11,13-17,20H,3-8,21H2/t9-,10+,11-,13-,14-/m0/s1. The quantitative estimate of drug-likeness (QED) is 0.314. The molecule has 0 aromatic rings. The average Bonchev–Trinajstić information content (AvgIpc) is 3.10. The van der Waals surface area contributed by atoms with E-state index in [2.05, 4.69) is 37.3 Å². The molecule has 2 heterocycles. The summed E-state index contributed by atoms with van der Waals surface area (Å²) in [7, 11) is 2.23. The van der Waals surface area contributed by atoms with Gasteiger partial charge in [0.25, 0.3) is 0 Å². The van der Waals surface area contributed by atoms with Gasteiger partial charge in [0, 0.05) is 18.6 Å². The van der Waals surface area contributed by atoms with E-state index in [1.807, 2.05) is 4.90 Å². The Morgan fingerprint density at radius 2 is 2.05 bits per heavy atom. The van der Waals surface area contributed by atoms with Crippen LogP contribution in [0.5, 0.6) is 0 Å². The SMILES string of the molecule is O=C(CN[C@@H](O)P)N1CCC[C@H]1[C@H]1N[C@H]2CC=CC[C@H]2N1. The fourth-order valence-corrected chi connectivity index (χ4v) is 3.77. The summed E-state index contributed by atoms with van der Waals surface area (Å²) in [4.78, 5) is 14.3. The summed E-state index contributed by atoms with van der Waals surface area (Å²) >= 11 is 0. The minimum atomic E-state index is -0.730. The summed E-state index contributed by atoms with van der Waals surface area (Å²) in [5, 5.41) is 19.3. The number of carbonyl (C=O) groups is 1. The van der Waals surface area contributed by atoms with Crippen molar-refractivity contribution >= 4 is 15.1 Å². The lowest BCUT2D eigenvalue weighted by atomic mass is 9.98. The van der Waals surface area contributed by atoms with Crippen LogP contribution >= 0.6 is 9.24 Å². The third-order valence-electron chi connectivity index (χ3n) is 4.69. The van der Waals surface area contributed by atoms with Gasteiger partial charge in [0.1, 0.15) is 5.97 Å². The van der Waals surface area contributed by atoms with Crippen LogP contribution in [0.2, 0.25) is 0 Å². The zero-order valence-electron chi connectivity index (χ0n) is 12.2. The zero-order chi connectivity index (χ0) is 14.8. The fraction of sp³-hybridized carbons (Fsp3) is 0.786. The van der Waals surface area contributed by atoms with E-state index in [0.29, 0.717) is 12.1 Å². The molecule has 1 amide bonds. The van der Waals surface area contributed by atoms with E-state index >= 15 is 0 Å². The van der Waals surface area contributed by atoms with E-state index in [-0.39, 0.29) is 24.7 Å². The molecule has 0 saturated carbocycles. The van der Waals surface area contributed by atoms with Crippen LogP contribution < -0.4 is 16.0 Å². The average molecular weight is 312 g/mol. The highest BCUT2D eigenvalue weighted by Crippen LogP contribution is 2.25. The molecular formula is C14H25N4O2P. The molecule has 2 saturated heterocycles. The molecule has 0 aromatic carbocycles. The van der Waals surface area contributed by atoms with Crippen molar-refractivity contribution in [3.63, 3.8) is 0 Å². The van der Waals surface area contributed by atoms with Crippen LogP contribution in [0.25, 0.3) is 0 Å². The van der Waals surface area contributed by atoms with Crippen molar-refractivity contribution in [3.8, 4) is 0 Å². The van der Waals surface area contributed by atoms with Crippen LogP contribution in [-0.4, -0.2) is 59.3 Å². The maximum absolute atomic E-state index is 12.3. The lowest BCUT2D eigenvalue weighted by molar-refractivity contribution is -0.132. The number of nitrogens with one attached hydrogen (secondary N) is 3. The molecule has 118 valence electrons. The van der Waals surface area contributed by atoms with Gasteiger partial charge in [-0.05, 0) is 25.7 Å². The molecule has 1 unspecified atom stereocenters. The van der Waals surface area contributed by atoms with E-state index in [1.54, 1.807) is 0 Å². The Labute approximate surface area is 127 Å². The van der Waals surface area contributed by atoms with Gasteiger partial charge in [-0.15, -0.1) is 0 Å². The number of hydrogen-bond donors (Lipinski definition) is 4. The van der Waals surface area contributed by atoms with Crippen LogP contribution in [0.15, 0.2) is 12.2 Å². The molecule has 0 aromatic heterocycles. The van der Waals surface area contributed by atoms with Gasteiger partial charge in [0.15, 0.2) is 0 Å². The minimum Gasteiger partial charge on any atom is -0.375 e. The fourth-order valence-electron chi connectivity index (χ4n) is 3.66. The first-order chi connectivity index (χ1) is 10.1. The van der Waals surface area contributed by atoms with Crippen LogP contribution in [0.4, 0.5) is 0 Å². The lowest BCUT2D eigenvalue weighted by Gasteiger charge is -2.30. The van der Waals surface area contributed by atoms with Gasteiger partial charge in [0.2, 0.25) is 5.91 Å². The maximum atomic E-state index is 12.3. The molecule has 0 spiro atoms. The van der Waals surface area contributed by atoms with E-state index in [0.717, 1.165) is 32.2 Å². The van der Waals surface area contributed by atoms with Crippen molar-refractivity contribution in [2.45, 2.75) is 55.9 Å². The lowest BCUT2D eigenvalue weighted by Crippen LogP contribution is -2.53. The number of likely N-dealkylation sites (tertiary alicyclic amines) is 1. The molecule has 0 bridgehead atoms. The monoisotopic (exact) mass is 312 g/mol. The molecule has 1 aliphatic carbocycles. The third-order valence-corrected chi connectivity index (χ3v) is 4.92. The molecular weight excluding hydrogens is 287 g/mol. The van der Waals surface area contributed by atoms with E-state index in [1.165, 1.54) is 0 Å². The maximum Gasteiger partial charge on any atom is 0.236 e. The first-order valence-corrected chi connectivity index (χ1v) is 8.45. The second-order valence-corrected chi connectivity index (χ2v) is 6.72. The van der Waals surface area contributed by atoms with Crippen molar-refractivity contribution in [2.75, 3.05) is 13.1 Å². The molecule has 21 heavy (non-hydrogen) atoms. The molecule has 2 aliphatic heterocycles. The van der Waals surface area contributed by atoms with Crippen molar-refractivity contribution in [1.29, 1.82) is 0 Å². The van der Waals surface area contributed by atoms with Crippen molar-refractivity contribution in [3.05, 3.63) is 12.2 Å². The van der Waals surface area contributed by atoms with Gasteiger partial charge in [-0.25, -0.2) is 0 Å². The molecule has 4 N–H and O–H groups in total. The van der Waals surface area contributed by atoms with Crippen molar-refractivity contribution in [1.82, 2.24) is 20.9 Å². The number of carbonyl (C=O) groups excluding carboxylic acids is 1. The Hall–Kier alpha value is -0.520. The number of fused-ring (bicyclic) bond motifs is 1. The normalized spacial score (nSPS) is 36.8. The van der Waals surface area contributed by atoms with Crippen LogP contribution in [0.1, 0.15) is 25.7 Å². The Morgan fingerprint density at radius 3 is 2.67 bits per heavy atom. The van der Waals surface area contributed by atoms with Crippen molar-refractivity contribution in [2.24, 2.45) is 0 Å². The van der Waals surface area contributed by atoms with Crippen LogP contribution in [0, 0.1) is 0 Å². The number of rotatable bonds is 4. The molecule has 3 aliphatic rings. The second kappa shape index (κ2) is 6.71. The highest BCUT2D eigenvalue weighted by atomic mass is 31.0. The zero-order valence-corrected chi connectivity index (χ0v) is 13.3. The second-order valence-electron chi connectivity index (χ2n) is 6.09. The highest BCUT2D eigenvalue weighted by molar-refractivity contribution is 7.17. The summed E-state index contributed by atoms with van der Waals surface area (Å²) < 4.78 is 0. The first-order valence-electron chi connectivity index (χ1n) is 7.79. The van der Waals surface area contributed by atoms with Crippen molar-refractivity contribution < 1.29 is 9.90 Å². The molecule has 3 rings (SSSR count). The van der Waals surface area contributed by atoms with Crippen LogP contribution in [0.3, 0.4) is 0 Å². The summed E-state index contributed by atoms with van der Waals surface area (Å²) in [6.07, 6.45) is 8.87. The smallest absolute Gasteiger partial charge is 0.236 e. The van der Waals surface area contributed by atoms with Gasteiger partial charge in [-0.1, -0.05) is 21.4 Å². The van der Waals surface area contributed by atoms with Gasteiger partial charge < -0.3 is 10.0 Å². The Kier molecular flexibility index (Phi) is 4.92. The first kappa shape index (κ1) is 15.4. The van der Waals surface area contributed by atoms with E-state index < -0.39 is 5.97 Å². The Bertz CT molecular complexity index is 402. The number of aliphatic hydroxyl groups is 1. The van der Waals surface area contributed by atoms with Gasteiger partial charge in [-0.3, -0.25) is 20.7 Å². The molecule has 6 nitrogen and oxygen atoms in total. The summed E-state index contributed by atoms with van der Waals surface area (Å²) in [5.74, 6) is -0.665. The molecule has 0 radical (unpaired) electrons.